The molecule has 1 heterocycles. The Morgan fingerprint density at radius 2 is 1.56 bits per heavy atom. The van der Waals surface area contributed by atoms with Crippen LogP contribution >= 0.6 is 11.3 Å². The third kappa shape index (κ3) is 9.70. The molecule has 2 aromatic carbocycles. The second kappa shape index (κ2) is 17.3. The van der Waals surface area contributed by atoms with Crippen molar-refractivity contribution in [2.75, 3.05) is 19.6 Å². The molecule has 1 aromatic heterocycles. The summed E-state index contributed by atoms with van der Waals surface area (Å²) in [5.74, 6) is 2.13. The first-order valence-electron chi connectivity index (χ1n) is 16.3. The van der Waals surface area contributed by atoms with Gasteiger partial charge in [0.1, 0.15) is 11.5 Å². The molecule has 1 fully saturated rings. The molecule has 7 nitrogen and oxygen atoms in total. The summed E-state index contributed by atoms with van der Waals surface area (Å²) >= 11 is 1.95. The van der Waals surface area contributed by atoms with Crippen LogP contribution in [0.1, 0.15) is 106 Å². The molecule has 0 saturated heterocycles. The summed E-state index contributed by atoms with van der Waals surface area (Å²) in [6, 6.07) is 15.6. The molecule has 3 aromatic rings. The number of hydrogen-bond donors (Lipinski definition) is 2. The van der Waals surface area contributed by atoms with Crippen molar-refractivity contribution in [1.82, 2.24) is 9.88 Å². The van der Waals surface area contributed by atoms with Crippen LogP contribution in [-0.2, 0) is 6.42 Å². The van der Waals surface area contributed by atoms with Crippen molar-refractivity contribution in [3.63, 3.8) is 0 Å². The van der Waals surface area contributed by atoms with Gasteiger partial charge in [0, 0.05) is 34.9 Å². The molecule has 1 atom stereocenters. The zero-order chi connectivity index (χ0) is 30.4. The number of benzene rings is 2. The van der Waals surface area contributed by atoms with Gasteiger partial charge < -0.3 is 25.3 Å². The minimum absolute atomic E-state index is 0.0683. The average Bonchev–Trinajstić information content (AvgIpc) is 3.48. The number of amidine groups is 1. The van der Waals surface area contributed by atoms with Crippen LogP contribution in [0.25, 0.3) is 11.3 Å². The molecule has 1 saturated carbocycles. The SMILES string of the molecule is CCCCC(Oc1ccc(C(N)=NO)cc1)Oc1ccc(-c2nc(C3CCCCC3)sc2CCN(CCC)CCC)cc1. The molecule has 3 N–H and O–H groups in total. The number of oxime groups is 1. The van der Waals surface area contributed by atoms with Gasteiger partial charge in [-0.25, -0.2) is 4.98 Å². The smallest absolute Gasteiger partial charge is 0.241 e. The van der Waals surface area contributed by atoms with Crippen LogP contribution in [0, 0.1) is 0 Å². The highest BCUT2D eigenvalue weighted by molar-refractivity contribution is 7.12. The van der Waals surface area contributed by atoms with Crippen LogP contribution in [0.5, 0.6) is 11.5 Å². The summed E-state index contributed by atoms with van der Waals surface area (Å²) in [4.78, 5) is 9.29. The van der Waals surface area contributed by atoms with Crippen molar-refractivity contribution in [3.8, 4) is 22.8 Å². The second-order valence-electron chi connectivity index (χ2n) is 11.6. The summed E-state index contributed by atoms with van der Waals surface area (Å²) < 4.78 is 12.5. The summed E-state index contributed by atoms with van der Waals surface area (Å²) in [6.07, 6.45) is 12.3. The van der Waals surface area contributed by atoms with Gasteiger partial charge in [-0.15, -0.1) is 11.3 Å². The number of ether oxygens (including phenoxy) is 2. The molecule has 1 aliphatic rings. The fourth-order valence-corrected chi connectivity index (χ4v) is 7.03. The highest BCUT2D eigenvalue weighted by Crippen LogP contribution is 2.39. The Kier molecular flexibility index (Phi) is 13.2. The van der Waals surface area contributed by atoms with Crippen molar-refractivity contribution in [1.29, 1.82) is 0 Å². The van der Waals surface area contributed by atoms with Crippen molar-refractivity contribution in [2.45, 2.75) is 104 Å². The first kappa shape index (κ1) is 32.8. The molecule has 8 heteroatoms. The van der Waals surface area contributed by atoms with Gasteiger partial charge in [0.05, 0.1) is 10.7 Å². The highest BCUT2D eigenvalue weighted by Gasteiger charge is 2.23. The van der Waals surface area contributed by atoms with E-state index in [0.717, 1.165) is 62.3 Å². The lowest BCUT2D eigenvalue weighted by atomic mass is 9.90. The van der Waals surface area contributed by atoms with Gasteiger partial charge in [0.25, 0.3) is 0 Å². The van der Waals surface area contributed by atoms with Crippen LogP contribution in [0.4, 0.5) is 0 Å². The quantitative estimate of drug-likeness (QED) is 0.0526. The number of nitrogens with zero attached hydrogens (tertiary/aromatic N) is 3. The van der Waals surface area contributed by atoms with E-state index in [1.165, 1.54) is 54.8 Å². The van der Waals surface area contributed by atoms with Crippen LogP contribution in [-0.4, -0.2) is 46.9 Å². The Morgan fingerprint density at radius 1 is 0.930 bits per heavy atom. The zero-order valence-corrected chi connectivity index (χ0v) is 27.1. The largest absolute Gasteiger partial charge is 0.455 e. The van der Waals surface area contributed by atoms with Gasteiger partial charge in [0.2, 0.25) is 6.29 Å². The van der Waals surface area contributed by atoms with E-state index in [4.69, 9.17) is 25.4 Å². The van der Waals surface area contributed by atoms with E-state index in [2.05, 4.69) is 43.0 Å². The molecule has 4 rings (SSSR count). The zero-order valence-electron chi connectivity index (χ0n) is 26.3. The topological polar surface area (TPSA) is 93.2 Å². The number of unbranched alkanes of at least 4 members (excludes halogenated alkanes) is 1. The van der Waals surface area contributed by atoms with Crippen molar-refractivity contribution in [3.05, 3.63) is 64.0 Å². The number of aromatic nitrogens is 1. The van der Waals surface area contributed by atoms with Gasteiger partial charge in [-0.2, -0.15) is 0 Å². The van der Waals surface area contributed by atoms with E-state index in [1.807, 2.05) is 35.6 Å². The molecular weight excluding hydrogens is 556 g/mol. The van der Waals surface area contributed by atoms with Crippen LogP contribution < -0.4 is 15.2 Å². The van der Waals surface area contributed by atoms with Gasteiger partial charge >= 0.3 is 0 Å². The maximum Gasteiger partial charge on any atom is 0.241 e. The molecule has 0 amide bonds. The molecule has 0 aliphatic heterocycles. The summed E-state index contributed by atoms with van der Waals surface area (Å²) in [5, 5.41) is 13.3. The second-order valence-corrected chi connectivity index (χ2v) is 12.7. The van der Waals surface area contributed by atoms with Gasteiger partial charge in [-0.1, -0.05) is 51.6 Å². The number of thiazole rings is 1. The third-order valence-electron chi connectivity index (χ3n) is 8.12. The predicted molar refractivity (Wildman–Crippen MR) is 178 cm³/mol. The van der Waals surface area contributed by atoms with Crippen molar-refractivity contribution < 1.29 is 14.7 Å². The van der Waals surface area contributed by atoms with E-state index in [1.54, 1.807) is 12.1 Å². The highest BCUT2D eigenvalue weighted by atomic mass is 32.1. The minimum Gasteiger partial charge on any atom is -0.455 e. The summed E-state index contributed by atoms with van der Waals surface area (Å²) in [6.45, 7) is 10.1. The van der Waals surface area contributed by atoms with Crippen molar-refractivity contribution in [2.24, 2.45) is 10.9 Å². The lowest BCUT2D eigenvalue weighted by molar-refractivity contribution is -0.00211. The maximum atomic E-state index is 8.93. The molecule has 234 valence electrons. The Morgan fingerprint density at radius 3 is 2.14 bits per heavy atom. The maximum absolute atomic E-state index is 8.93. The Bertz CT molecular complexity index is 1250. The Labute approximate surface area is 262 Å². The number of hydrogen-bond acceptors (Lipinski definition) is 7. The Hall–Kier alpha value is -3.10. The summed E-state index contributed by atoms with van der Waals surface area (Å²) in [5.41, 5.74) is 8.63. The van der Waals surface area contributed by atoms with E-state index in [0.29, 0.717) is 17.2 Å². The molecule has 1 aliphatic carbocycles. The van der Waals surface area contributed by atoms with Gasteiger partial charge in [-0.05, 0) is 100 Å². The molecular formula is C35H50N4O3S. The van der Waals surface area contributed by atoms with Gasteiger partial charge in [0.15, 0.2) is 5.84 Å². The molecule has 0 spiro atoms. The van der Waals surface area contributed by atoms with Gasteiger partial charge in [-0.3, -0.25) is 0 Å². The van der Waals surface area contributed by atoms with Crippen LogP contribution in [0.2, 0.25) is 0 Å². The van der Waals surface area contributed by atoms with E-state index >= 15 is 0 Å². The molecule has 0 radical (unpaired) electrons. The van der Waals surface area contributed by atoms with Crippen molar-refractivity contribution >= 4 is 17.2 Å². The number of rotatable bonds is 17. The monoisotopic (exact) mass is 606 g/mol. The Balaban J connectivity index is 1.50. The van der Waals surface area contributed by atoms with Crippen LogP contribution in [0.3, 0.4) is 0 Å². The number of nitrogens with two attached hydrogens (primary N) is 1. The predicted octanol–water partition coefficient (Wildman–Crippen LogP) is 8.59. The van der Waals surface area contributed by atoms with Crippen LogP contribution in [0.15, 0.2) is 53.7 Å². The summed E-state index contributed by atoms with van der Waals surface area (Å²) in [7, 11) is 0. The lowest BCUT2D eigenvalue weighted by Crippen LogP contribution is -2.27. The first-order chi connectivity index (χ1) is 21.0. The fourth-order valence-electron chi connectivity index (χ4n) is 5.79. The fraction of sp³-hybridized carbons (Fsp3) is 0.543. The molecule has 43 heavy (non-hydrogen) atoms. The first-order valence-corrected chi connectivity index (χ1v) is 17.1. The lowest BCUT2D eigenvalue weighted by Gasteiger charge is -2.21. The minimum atomic E-state index is -0.420. The van der Waals surface area contributed by atoms with E-state index in [9.17, 15) is 0 Å². The average molecular weight is 607 g/mol. The van der Waals surface area contributed by atoms with E-state index < -0.39 is 6.29 Å². The molecule has 0 bridgehead atoms. The van der Waals surface area contributed by atoms with E-state index in [-0.39, 0.29) is 5.84 Å². The third-order valence-corrected chi connectivity index (χ3v) is 9.39. The molecule has 1 unspecified atom stereocenters. The standard InChI is InChI=1S/C35H50N4O3S/c1-4-7-13-32(42-30-20-16-27(17-21-30)34(36)38-40)41-29-18-14-26(15-19-29)33-31(22-25-39(23-5-2)24-6-3)43-35(37-33)28-11-9-8-10-12-28/h14-21,28,32,40H,4-13,22-25H2,1-3H3,(H2,36,38). The normalized spacial score (nSPS) is 15.1.